The van der Waals surface area contributed by atoms with E-state index in [4.69, 9.17) is 4.74 Å². The van der Waals surface area contributed by atoms with Gasteiger partial charge in [-0.15, -0.1) is 0 Å². The maximum atomic E-state index is 5.07. The molecule has 0 saturated carbocycles. The molecule has 0 bridgehead atoms. The minimum atomic E-state index is 0.328. The predicted octanol–water partition coefficient (Wildman–Crippen LogP) is 1.98. The van der Waals surface area contributed by atoms with Crippen LogP contribution in [0.3, 0.4) is 0 Å². The average molecular weight is 223 g/mol. The van der Waals surface area contributed by atoms with Crippen LogP contribution in [0.25, 0.3) is 0 Å². The minimum absolute atomic E-state index is 0.328. The highest BCUT2D eigenvalue weighted by Gasteiger charge is 2.15. The second kappa shape index (κ2) is 6.43. The quantitative estimate of drug-likeness (QED) is 0.801. The molecule has 1 heterocycles. The van der Waals surface area contributed by atoms with E-state index < -0.39 is 0 Å². The molecule has 4 heteroatoms. The summed E-state index contributed by atoms with van der Waals surface area (Å²) >= 11 is 0. The second-order valence-corrected chi connectivity index (χ2v) is 4.02. The Hall–Kier alpha value is -1.16. The first-order valence-corrected chi connectivity index (χ1v) is 5.78. The van der Waals surface area contributed by atoms with Crippen LogP contribution in [0.5, 0.6) is 5.88 Å². The minimum Gasteiger partial charge on any atom is -0.480 e. The van der Waals surface area contributed by atoms with Crippen molar-refractivity contribution in [3.8, 4) is 5.88 Å². The molecule has 0 fully saturated rings. The van der Waals surface area contributed by atoms with Gasteiger partial charge in [-0.3, -0.25) is 4.98 Å². The molecule has 0 radical (unpaired) electrons. The number of nitrogens with zero attached hydrogens (tertiary/aromatic N) is 2. The third-order valence-corrected chi connectivity index (χ3v) is 2.77. The van der Waals surface area contributed by atoms with Gasteiger partial charge in [-0.1, -0.05) is 13.8 Å². The van der Waals surface area contributed by atoms with Gasteiger partial charge >= 0.3 is 0 Å². The Balaban J connectivity index is 2.67. The van der Waals surface area contributed by atoms with Crippen molar-refractivity contribution >= 4 is 0 Å². The summed E-state index contributed by atoms with van der Waals surface area (Å²) in [5, 5.41) is 3.46. The van der Waals surface area contributed by atoms with Crippen LogP contribution >= 0.6 is 0 Å². The molecule has 16 heavy (non-hydrogen) atoms. The molecule has 2 atom stereocenters. The molecule has 0 aliphatic carbocycles. The molecule has 0 amide bonds. The fourth-order valence-corrected chi connectivity index (χ4v) is 1.49. The standard InChI is InChI=1S/C12H21N3O/c1-5-6-14-10(3)9(2)11-7-13-8-12(15-11)16-4/h7-10,14H,5-6H2,1-4H3. The summed E-state index contributed by atoms with van der Waals surface area (Å²) in [6, 6.07) is 0.390. The lowest BCUT2D eigenvalue weighted by atomic mass is 10.00. The Morgan fingerprint density at radius 1 is 1.38 bits per heavy atom. The normalized spacial score (nSPS) is 14.5. The summed E-state index contributed by atoms with van der Waals surface area (Å²) in [5.41, 5.74) is 0.968. The fraction of sp³-hybridized carbons (Fsp3) is 0.667. The first-order valence-electron chi connectivity index (χ1n) is 5.78. The number of methoxy groups -OCH3 is 1. The lowest BCUT2D eigenvalue weighted by Gasteiger charge is -2.20. The Morgan fingerprint density at radius 3 is 2.75 bits per heavy atom. The number of ether oxygens (including phenoxy) is 1. The summed E-state index contributed by atoms with van der Waals surface area (Å²) in [7, 11) is 1.61. The van der Waals surface area contributed by atoms with E-state index in [2.05, 4.69) is 36.1 Å². The lowest BCUT2D eigenvalue weighted by Crippen LogP contribution is -2.31. The van der Waals surface area contributed by atoms with E-state index in [0.717, 1.165) is 18.7 Å². The number of nitrogens with one attached hydrogen (secondary N) is 1. The largest absolute Gasteiger partial charge is 0.480 e. The van der Waals surface area contributed by atoms with Gasteiger partial charge in [-0.05, 0) is 19.9 Å². The lowest BCUT2D eigenvalue weighted by molar-refractivity contribution is 0.389. The van der Waals surface area contributed by atoms with E-state index >= 15 is 0 Å². The van der Waals surface area contributed by atoms with Crippen LogP contribution in [0.1, 0.15) is 38.8 Å². The van der Waals surface area contributed by atoms with E-state index in [9.17, 15) is 0 Å². The van der Waals surface area contributed by atoms with Gasteiger partial charge in [0.2, 0.25) is 5.88 Å². The molecule has 1 N–H and O–H groups in total. The van der Waals surface area contributed by atoms with Gasteiger partial charge in [-0.25, -0.2) is 4.98 Å². The monoisotopic (exact) mass is 223 g/mol. The van der Waals surface area contributed by atoms with Crippen molar-refractivity contribution in [1.82, 2.24) is 15.3 Å². The van der Waals surface area contributed by atoms with Gasteiger partial charge < -0.3 is 10.1 Å². The van der Waals surface area contributed by atoms with Crippen LogP contribution in [0.15, 0.2) is 12.4 Å². The van der Waals surface area contributed by atoms with Crippen molar-refractivity contribution in [2.45, 2.75) is 39.2 Å². The zero-order valence-electron chi connectivity index (χ0n) is 10.5. The first-order chi connectivity index (χ1) is 7.69. The zero-order chi connectivity index (χ0) is 12.0. The molecule has 1 aromatic heterocycles. The molecular weight excluding hydrogens is 202 g/mol. The number of hydrogen-bond acceptors (Lipinski definition) is 4. The van der Waals surface area contributed by atoms with Gasteiger partial charge in [0.05, 0.1) is 19.0 Å². The summed E-state index contributed by atoms with van der Waals surface area (Å²) in [4.78, 5) is 8.52. The van der Waals surface area contributed by atoms with Crippen LogP contribution < -0.4 is 10.1 Å². The molecule has 90 valence electrons. The van der Waals surface area contributed by atoms with Crippen LogP contribution in [-0.2, 0) is 0 Å². The smallest absolute Gasteiger partial charge is 0.232 e. The summed E-state index contributed by atoms with van der Waals surface area (Å²) in [6.45, 7) is 7.51. The summed E-state index contributed by atoms with van der Waals surface area (Å²) in [6.07, 6.45) is 4.57. The summed E-state index contributed by atoms with van der Waals surface area (Å²) in [5.74, 6) is 0.904. The topological polar surface area (TPSA) is 47.0 Å². The van der Waals surface area contributed by atoms with E-state index in [-0.39, 0.29) is 0 Å². The van der Waals surface area contributed by atoms with Gasteiger partial charge in [0.1, 0.15) is 0 Å². The molecule has 0 spiro atoms. The molecule has 1 rings (SSSR count). The Bertz CT molecular complexity index is 317. The number of aromatic nitrogens is 2. The molecule has 2 unspecified atom stereocenters. The van der Waals surface area contributed by atoms with Crippen molar-refractivity contribution in [3.05, 3.63) is 18.1 Å². The van der Waals surface area contributed by atoms with E-state index in [0.29, 0.717) is 17.8 Å². The van der Waals surface area contributed by atoms with Crippen molar-refractivity contribution in [2.75, 3.05) is 13.7 Å². The third kappa shape index (κ3) is 3.45. The Kier molecular flexibility index (Phi) is 5.19. The maximum absolute atomic E-state index is 5.07. The number of hydrogen-bond donors (Lipinski definition) is 1. The maximum Gasteiger partial charge on any atom is 0.232 e. The van der Waals surface area contributed by atoms with Crippen LogP contribution in [-0.4, -0.2) is 29.7 Å². The molecule has 0 aliphatic heterocycles. The van der Waals surface area contributed by atoms with Gasteiger partial charge in [0, 0.05) is 18.2 Å². The SMILES string of the molecule is CCCNC(C)C(C)c1cncc(OC)n1. The zero-order valence-corrected chi connectivity index (χ0v) is 10.5. The fourth-order valence-electron chi connectivity index (χ4n) is 1.49. The Labute approximate surface area is 97.5 Å². The van der Waals surface area contributed by atoms with E-state index in [1.165, 1.54) is 0 Å². The highest BCUT2D eigenvalue weighted by molar-refractivity contribution is 5.12. The second-order valence-electron chi connectivity index (χ2n) is 4.02. The highest BCUT2D eigenvalue weighted by Crippen LogP contribution is 2.18. The molecule has 1 aromatic rings. The van der Waals surface area contributed by atoms with Gasteiger partial charge in [0.15, 0.2) is 0 Å². The molecule has 0 aliphatic rings. The van der Waals surface area contributed by atoms with Gasteiger partial charge in [-0.2, -0.15) is 0 Å². The number of rotatable bonds is 6. The van der Waals surface area contributed by atoms with Crippen LogP contribution in [0.4, 0.5) is 0 Å². The third-order valence-electron chi connectivity index (χ3n) is 2.77. The average Bonchev–Trinajstić information content (AvgIpc) is 2.35. The first kappa shape index (κ1) is 12.9. The molecule has 0 saturated heterocycles. The highest BCUT2D eigenvalue weighted by atomic mass is 16.5. The van der Waals surface area contributed by atoms with Crippen molar-refractivity contribution in [2.24, 2.45) is 0 Å². The Morgan fingerprint density at radius 2 is 2.12 bits per heavy atom. The van der Waals surface area contributed by atoms with Crippen LogP contribution in [0, 0.1) is 0 Å². The van der Waals surface area contributed by atoms with E-state index in [1.54, 1.807) is 19.5 Å². The van der Waals surface area contributed by atoms with Crippen molar-refractivity contribution < 1.29 is 4.74 Å². The van der Waals surface area contributed by atoms with Gasteiger partial charge in [0.25, 0.3) is 0 Å². The summed E-state index contributed by atoms with van der Waals surface area (Å²) < 4.78 is 5.07. The van der Waals surface area contributed by atoms with Crippen molar-refractivity contribution in [1.29, 1.82) is 0 Å². The predicted molar refractivity (Wildman–Crippen MR) is 64.8 cm³/mol. The van der Waals surface area contributed by atoms with E-state index in [1.807, 2.05) is 0 Å². The molecule has 4 nitrogen and oxygen atoms in total. The van der Waals surface area contributed by atoms with Crippen molar-refractivity contribution in [3.63, 3.8) is 0 Å². The molecule has 0 aromatic carbocycles. The molecular formula is C12H21N3O. The van der Waals surface area contributed by atoms with Crippen LogP contribution in [0.2, 0.25) is 0 Å².